The summed E-state index contributed by atoms with van der Waals surface area (Å²) in [4.78, 5) is 0. The van der Waals surface area contributed by atoms with E-state index in [0.717, 1.165) is 15.7 Å². The van der Waals surface area contributed by atoms with Crippen LogP contribution in [0.3, 0.4) is 0 Å². The van der Waals surface area contributed by atoms with Crippen LogP contribution in [-0.2, 0) is 10.2 Å². The van der Waals surface area contributed by atoms with E-state index >= 15 is 0 Å². The van der Waals surface area contributed by atoms with E-state index in [1.807, 2.05) is 30.3 Å². The lowest BCUT2D eigenvalue weighted by molar-refractivity contribution is 0.527. The zero-order chi connectivity index (χ0) is 17.0. The minimum absolute atomic E-state index is 0.421. The van der Waals surface area contributed by atoms with Gasteiger partial charge in [0.25, 0.3) is 0 Å². The molecule has 2 aromatic carbocycles. The van der Waals surface area contributed by atoms with Crippen LogP contribution >= 0.6 is 0 Å². The summed E-state index contributed by atoms with van der Waals surface area (Å²) >= 11 is 0. The van der Waals surface area contributed by atoms with Crippen molar-refractivity contribution in [2.24, 2.45) is 0 Å². The van der Waals surface area contributed by atoms with Crippen LogP contribution in [0.15, 0.2) is 48.5 Å². The number of nitrogens with zero attached hydrogens (tertiary/aromatic N) is 1. The van der Waals surface area contributed by atoms with Gasteiger partial charge in [-0.3, -0.25) is 4.72 Å². The van der Waals surface area contributed by atoms with Crippen LogP contribution in [-0.4, -0.2) is 26.8 Å². The van der Waals surface area contributed by atoms with Gasteiger partial charge < -0.3 is 5.32 Å². The van der Waals surface area contributed by atoms with Gasteiger partial charge in [0, 0.05) is 31.2 Å². The van der Waals surface area contributed by atoms with Gasteiger partial charge in [-0.25, -0.2) is 0 Å². The maximum atomic E-state index is 11.8. The van der Waals surface area contributed by atoms with E-state index in [2.05, 4.69) is 30.0 Å². The Morgan fingerprint density at radius 2 is 1.48 bits per heavy atom. The molecule has 0 heterocycles. The number of anilines is 3. The zero-order valence-corrected chi connectivity index (χ0v) is 14.7. The highest BCUT2D eigenvalue weighted by molar-refractivity contribution is 7.90. The number of para-hydroxylation sites is 1. The van der Waals surface area contributed by atoms with Gasteiger partial charge >= 0.3 is 10.2 Å². The minimum Gasteiger partial charge on any atom is -0.355 e. The molecule has 0 bridgehead atoms. The summed E-state index contributed by atoms with van der Waals surface area (Å²) in [6, 6.07) is 15.3. The standard InChI is InChI=1S/C17H23N3O2S/c1-13(2)16-7-5-6-8-17(16)18-14-9-11-15(12-10-14)19-23(21,22)20(3)4/h5-13,18-19H,1-4H3. The Balaban J connectivity index is 2.15. The summed E-state index contributed by atoms with van der Waals surface area (Å²) in [5.74, 6) is 0.421. The molecular weight excluding hydrogens is 310 g/mol. The monoisotopic (exact) mass is 333 g/mol. The van der Waals surface area contributed by atoms with Crippen molar-refractivity contribution in [1.29, 1.82) is 0 Å². The molecule has 2 rings (SSSR count). The molecule has 0 atom stereocenters. The first kappa shape index (κ1) is 17.3. The molecule has 0 radical (unpaired) electrons. The smallest absolute Gasteiger partial charge is 0.301 e. The first-order valence-corrected chi connectivity index (χ1v) is 8.90. The van der Waals surface area contributed by atoms with Crippen LogP contribution in [0.5, 0.6) is 0 Å². The van der Waals surface area contributed by atoms with Crippen LogP contribution < -0.4 is 10.0 Å². The van der Waals surface area contributed by atoms with Crippen molar-refractivity contribution >= 4 is 27.3 Å². The van der Waals surface area contributed by atoms with Gasteiger partial charge in [-0.05, 0) is 41.8 Å². The fourth-order valence-corrected chi connectivity index (χ4v) is 2.75. The average Bonchev–Trinajstić information content (AvgIpc) is 2.49. The summed E-state index contributed by atoms with van der Waals surface area (Å²) in [6.45, 7) is 4.30. The second kappa shape index (κ2) is 7.02. The van der Waals surface area contributed by atoms with Gasteiger partial charge in [0.05, 0.1) is 0 Å². The number of rotatable bonds is 6. The van der Waals surface area contributed by atoms with E-state index in [-0.39, 0.29) is 0 Å². The van der Waals surface area contributed by atoms with Crippen molar-refractivity contribution < 1.29 is 8.42 Å². The van der Waals surface area contributed by atoms with Crippen molar-refractivity contribution in [3.63, 3.8) is 0 Å². The van der Waals surface area contributed by atoms with E-state index in [4.69, 9.17) is 0 Å². The molecule has 0 saturated carbocycles. The van der Waals surface area contributed by atoms with Crippen LogP contribution in [0.25, 0.3) is 0 Å². The Morgan fingerprint density at radius 1 is 0.913 bits per heavy atom. The Kier molecular flexibility index (Phi) is 5.28. The van der Waals surface area contributed by atoms with E-state index < -0.39 is 10.2 Å². The van der Waals surface area contributed by atoms with Gasteiger partial charge in [0.1, 0.15) is 0 Å². The molecule has 124 valence electrons. The number of nitrogens with one attached hydrogen (secondary N) is 2. The molecule has 0 aromatic heterocycles. The molecule has 0 spiro atoms. The first-order chi connectivity index (χ1) is 10.8. The van der Waals surface area contributed by atoms with E-state index in [1.165, 1.54) is 19.7 Å². The summed E-state index contributed by atoms with van der Waals surface area (Å²) in [6.07, 6.45) is 0. The third-order valence-electron chi connectivity index (χ3n) is 3.47. The molecule has 0 aliphatic heterocycles. The maximum Gasteiger partial charge on any atom is 0.301 e. The predicted octanol–water partition coefficient (Wildman–Crippen LogP) is 3.77. The largest absolute Gasteiger partial charge is 0.355 e. The molecule has 6 heteroatoms. The van der Waals surface area contributed by atoms with Gasteiger partial charge in [0.15, 0.2) is 0 Å². The van der Waals surface area contributed by atoms with Gasteiger partial charge in [0.2, 0.25) is 0 Å². The van der Waals surface area contributed by atoms with Crippen LogP contribution in [0.1, 0.15) is 25.3 Å². The lowest BCUT2D eigenvalue weighted by Gasteiger charge is -2.16. The Morgan fingerprint density at radius 3 is 2.04 bits per heavy atom. The second-order valence-corrected chi connectivity index (χ2v) is 7.72. The normalized spacial score (nSPS) is 11.7. The van der Waals surface area contributed by atoms with Crippen LogP contribution in [0.4, 0.5) is 17.1 Å². The fourth-order valence-electron chi connectivity index (χ4n) is 2.13. The number of hydrogen-bond donors (Lipinski definition) is 2. The molecule has 0 aliphatic rings. The van der Waals surface area contributed by atoms with Crippen molar-refractivity contribution in [1.82, 2.24) is 4.31 Å². The fraction of sp³-hybridized carbons (Fsp3) is 0.294. The summed E-state index contributed by atoms with van der Waals surface area (Å²) in [5, 5.41) is 3.38. The molecular formula is C17H23N3O2S. The molecule has 23 heavy (non-hydrogen) atoms. The second-order valence-electron chi connectivity index (χ2n) is 5.83. The zero-order valence-electron chi connectivity index (χ0n) is 13.9. The lowest BCUT2D eigenvalue weighted by Crippen LogP contribution is -2.28. The molecule has 0 amide bonds. The Bertz CT molecular complexity index is 754. The quantitative estimate of drug-likeness (QED) is 0.846. The van der Waals surface area contributed by atoms with Gasteiger partial charge in [-0.1, -0.05) is 32.0 Å². The van der Waals surface area contributed by atoms with E-state index in [9.17, 15) is 8.42 Å². The highest BCUT2D eigenvalue weighted by atomic mass is 32.2. The molecule has 2 N–H and O–H groups in total. The first-order valence-electron chi connectivity index (χ1n) is 7.46. The summed E-state index contributed by atoms with van der Waals surface area (Å²) < 4.78 is 27.2. The van der Waals surface area contributed by atoms with Gasteiger partial charge in [-0.2, -0.15) is 12.7 Å². The number of hydrogen-bond acceptors (Lipinski definition) is 3. The number of benzene rings is 2. The van der Waals surface area contributed by atoms with Crippen molar-refractivity contribution in [3.05, 3.63) is 54.1 Å². The molecule has 0 saturated heterocycles. The third kappa shape index (κ3) is 4.46. The molecule has 0 unspecified atom stereocenters. The molecule has 5 nitrogen and oxygen atoms in total. The lowest BCUT2D eigenvalue weighted by atomic mass is 10.0. The Labute approximate surface area is 138 Å². The minimum atomic E-state index is -3.48. The third-order valence-corrected chi connectivity index (χ3v) is 4.93. The highest BCUT2D eigenvalue weighted by Gasteiger charge is 2.12. The van der Waals surface area contributed by atoms with E-state index in [1.54, 1.807) is 12.1 Å². The van der Waals surface area contributed by atoms with Gasteiger partial charge in [-0.15, -0.1) is 0 Å². The maximum absolute atomic E-state index is 11.8. The van der Waals surface area contributed by atoms with Crippen molar-refractivity contribution in [2.45, 2.75) is 19.8 Å². The predicted molar refractivity (Wildman–Crippen MR) is 96.5 cm³/mol. The van der Waals surface area contributed by atoms with Crippen LogP contribution in [0.2, 0.25) is 0 Å². The summed E-state index contributed by atoms with van der Waals surface area (Å²) in [7, 11) is -0.504. The average molecular weight is 333 g/mol. The molecule has 0 aliphatic carbocycles. The van der Waals surface area contributed by atoms with Crippen molar-refractivity contribution in [2.75, 3.05) is 24.1 Å². The van der Waals surface area contributed by atoms with Crippen molar-refractivity contribution in [3.8, 4) is 0 Å². The topological polar surface area (TPSA) is 61.4 Å². The molecule has 0 fully saturated rings. The summed E-state index contributed by atoms with van der Waals surface area (Å²) in [5.41, 5.74) is 3.74. The molecule has 2 aromatic rings. The van der Waals surface area contributed by atoms with Crippen LogP contribution in [0, 0.1) is 0 Å². The highest BCUT2D eigenvalue weighted by Crippen LogP contribution is 2.27. The van der Waals surface area contributed by atoms with E-state index in [0.29, 0.717) is 11.6 Å². The Hall–Kier alpha value is -2.05. The SMILES string of the molecule is CC(C)c1ccccc1Nc1ccc(NS(=O)(=O)N(C)C)cc1.